The Morgan fingerprint density at radius 2 is 1.62 bits per heavy atom. The Kier molecular flexibility index (Phi) is 7.42. The maximum atomic E-state index is 13.9. The summed E-state index contributed by atoms with van der Waals surface area (Å²) in [7, 11) is -2.51. The molecule has 0 heterocycles. The average Bonchev–Trinajstić information content (AvgIpc) is 2.87. The molecule has 2 aromatic rings. The number of hydrogen-bond acceptors (Lipinski definition) is 6. The number of benzene rings is 2. The van der Waals surface area contributed by atoms with Crippen molar-refractivity contribution in [3.05, 3.63) is 47.5 Å². The first-order valence-electron chi connectivity index (χ1n) is 14.1. The van der Waals surface area contributed by atoms with Gasteiger partial charge in [0.15, 0.2) is 23.0 Å². The zero-order valence-electron chi connectivity index (χ0n) is 26.2. The molecule has 7 heteroatoms. The van der Waals surface area contributed by atoms with E-state index in [1.54, 1.807) is 24.1 Å². The van der Waals surface area contributed by atoms with Gasteiger partial charge >= 0.3 is 0 Å². The van der Waals surface area contributed by atoms with Crippen molar-refractivity contribution in [3.8, 4) is 29.1 Å². The number of nitriles is 1. The fourth-order valence-corrected chi connectivity index (χ4v) is 4.10. The molecule has 0 unspecified atom stereocenters. The van der Waals surface area contributed by atoms with E-state index in [-0.39, 0.29) is 17.4 Å². The predicted octanol–water partition coefficient (Wildman–Crippen LogP) is 5.39. The number of alkyl halides is 1. The van der Waals surface area contributed by atoms with Gasteiger partial charge in [0.2, 0.25) is 0 Å². The second-order valence-electron chi connectivity index (χ2n) is 8.38. The number of hydrogen-bond donors (Lipinski definition) is 0. The number of methoxy groups -OCH3 is 4. The lowest BCUT2D eigenvalue weighted by Gasteiger charge is -2.32. The van der Waals surface area contributed by atoms with E-state index < -0.39 is 26.3 Å². The van der Waals surface area contributed by atoms with Crippen LogP contribution in [0.25, 0.3) is 0 Å². The molecule has 0 aliphatic heterocycles. The van der Waals surface area contributed by atoms with E-state index >= 15 is 0 Å². The molecule has 0 saturated carbocycles. The van der Waals surface area contributed by atoms with Crippen molar-refractivity contribution in [1.82, 2.24) is 4.90 Å². The second kappa shape index (κ2) is 13.0. The molecule has 1 atom stereocenters. The minimum absolute atomic E-state index is 0.0262. The fraction of sp³-hybridized carbons (Fsp3) is 0.519. The first-order valence-corrected chi connectivity index (χ1v) is 11.1. The van der Waals surface area contributed by atoms with E-state index in [9.17, 15) is 9.65 Å². The van der Waals surface area contributed by atoms with Crippen molar-refractivity contribution in [1.29, 1.82) is 5.26 Å². The normalized spacial score (nSPS) is 16.2. The van der Waals surface area contributed by atoms with Crippen LogP contribution in [0.4, 0.5) is 4.39 Å². The second-order valence-corrected chi connectivity index (χ2v) is 8.38. The molecule has 0 aliphatic rings. The highest BCUT2D eigenvalue weighted by molar-refractivity contribution is 5.47. The van der Waals surface area contributed by atoms with Crippen molar-refractivity contribution >= 4 is 0 Å². The van der Waals surface area contributed by atoms with Crippen LogP contribution in [0.15, 0.2) is 36.4 Å². The molecule has 2 aromatic carbocycles. The molecule has 6 nitrogen and oxygen atoms in total. The number of nitrogens with zero attached hydrogens (tertiary/aromatic N) is 2. The third-order valence-corrected chi connectivity index (χ3v) is 6.24. The lowest BCUT2D eigenvalue weighted by atomic mass is 9.69. The fourth-order valence-electron chi connectivity index (χ4n) is 4.10. The highest BCUT2D eigenvalue weighted by Gasteiger charge is 2.36. The molecular formula is C27H37FN2O4. The van der Waals surface area contributed by atoms with Gasteiger partial charge in [-0.15, -0.1) is 0 Å². The van der Waals surface area contributed by atoms with Gasteiger partial charge < -0.3 is 18.9 Å². The van der Waals surface area contributed by atoms with E-state index in [0.29, 0.717) is 49.4 Å². The molecule has 0 saturated heterocycles. The van der Waals surface area contributed by atoms with E-state index in [4.69, 9.17) is 27.2 Å². The van der Waals surface area contributed by atoms with Crippen LogP contribution in [0.2, 0.25) is 0 Å². The summed E-state index contributed by atoms with van der Waals surface area (Å²) in [6.07, 6.45) is 1.38. The van der Waals surface area contributed by atoms with Gasteiger partial charge in [0, 0.05) is 13.1 Å². The zero-order valence-corrected chi connectivity index (χ0v) is 20.2. The summed E-state index contributed by atoms with van der Waals surface area (Å²) in [6, 6.07) is 12.2. The molecule has 2 rings (SSSR count). The van der Waals surface area contributed by atoms with Crippen molar-refractivity contribution in [2.75, 3.05) is 48.2 Å². The molecule has 0 radical (unpaired) electrons. The number of rotatable bonds is 14. The summed E-state index contributed by atoms with van der Waals surface area (Å²) < 4.78 is 78.5. The Bertz CT molecular complexity index is 1150. The maximum Gasteiger partial charge on any atom is 0.161 e. The zero-order chi connectivity index (χ0) is 30.1. The summed E-state index contributed by atoms with van der Waals surface area (Å²) >= 11 is 0. The molecule has 0 amide bonds. The van der Waals surface area contributed by atoms with Crippen LogP contribution in [0.3, 0.4) is 0 Å². The van der Waals surface area contributed by atoms with Crippen LogP contribution in [-0.4, -0.2) is 53.1 Å². The third kappa shape index (κ3) is 6.32. The van der Waals surface area contributed by atoms with Crippen LogP contribution in [0.1, 0.15) is 46.0 Å². The first-order chi connectivity index (χ1) is 18.7. The van der Waals surface area contributed by atoms with Crippen LogP contribution >= 0.6 is 0 Å². The molecule has 0 bridgehead atoms. The maximum absolute atomic E-state index is 13.9. The summed E-state index contributed by atoms with van der Waals surface area (Å²) in [5, 5.41) is 10.3. The average molecular weight is 485 g/mol. The Balaban J connectivity index is 2.13. The van der Waals surface area contributed by atoms with E-state index in [1.807, 2.05) is 26.0 Å². The van der Waals surface area contributed by atoms with Crippen LogP contribution < -0.4 is 18.9 Å². The van der Waals surface area contributed by atoms with Gasteiger partial charge in [0.1, 0.15) is 6.80 Å². The Labute approximate surface area is 211 Å². The molecule has 186 valence electrons. The smallest absolute Gasteiger partial charge is 0.161 e. The van der Waals surface area contributed by atoms with Crippen LogP contribution in [-0.2, 0) is 11.8 Å². The van der Waals surface area contributed by atoms with E-state index in [0.717, 1.165) is 5.56 Å². The SMILES string of the molecule is [3H]C([3H])([3H])Oc1ccc(CCN(CF)CCC[C@](C#N)(c2ccc(OC)c(OC)c2)C(C)C)cc1OC([3H])([3H])[3H]. The molecule has 0 fully saturated rings. The topological polar surface area (TPSA) is 64.0 Å². The third-order valence-electron chi connectivity index (χ3n) is 6.24. The Morgan fingerprint density at radius 3 is 2.24 bits per heavy atom. The Hall–Kier alpha value is -2.98. The first kappa shape index (κ1) is 19.3. The number of halogens is 1. The lowest BCUT2D eigenvalue weighted by Crippen LogP contribution is -2.33. The molecule has 0 spiro atoms. The van der Waals surface area contributed by atoms with Gasteiger partial charge in [-0.05, 0) is 60.6 Å². The number of ether oxygens (including phenoxy) is 4. The minimum Gasteiger partial charge on any atom is -0.493 e. The lowest BCUT2D eigenvalue weighted by molar-refractivity contribution is 0.178. The van der Waals surface area contributed by atoms with Crippen molar-refractivity contribution in [2.45, 2.75) is 38.5 Å². The van der Waals surface area contributed by atoms with Crippen molar-refractivity contribution < 1.29 is 31.6 Å². The summed E-state index contributed by atoms with van der Waals surface area (Å²) in [5.41, 5.74) is 0.604. The minimum atomic E-state index is -2.81. The molecule has 0 aliphatic carbocycles. The van der Waals surface area contributed by atoms with Gasteiger partial charge in [0.25, 0.3) is 0 Å². The highest BCUT2D eigenvalue weighted by atomic mass is 19.1. The monoisotopic (exact) mass is 484 g/mol. The van der Waals surface area contributed by atoms with E-state index in [1.165, 1.54) is 19.2 Å². The van der Waals surface area contributed by atoms with Gasteiger partial charge in [-0.2, -0.15) is 5.26 Å². The molecule has 0 N–H and O–H groups in total. The largest absolute Gasteiger partial charge is 0.493 e. The van der Waals surface area contributed by atoms with Crippen molar-refractivity contribution in [3.63, 3.8) is 0 Å². The van der Waals surface area contributed by atoms with Crippen LogP contribution in [0.5, 0.6) is 23.0 Å². The van der Waals surface area contributed by atoms with Crippen LogP contribution in [0, 0.1) is 17.2 Å². The van der Waals surface area contributed by atoms with Gasteiger partial charge in [-0.1, -0.05) is 26.0 Å². The quantitative estimate of drug-likeness (QED) is 0.335. The van der Waals surface area contributed by atoms with Crippen molar-refractivity contribution in [2.24, 2.45) is 5.92 Å². The van der Waals surface area contributed by atoms with Gasteiger partial charge in [-0.25, -0.2) is 4.39 Å². The predicted molar refractivity (Wildman–Crippen MR) is 132 cm³/mol. The van der Waals surface area contributed by atoms with E-state index in [2.05, 4.69) is 6.07 Å². The molecule has 0 aromatic heterocycles. The Morgan fingerprint density at radius 1 is 0.971 bits per heavy atom. The molecular weight excluding hydrogens is 435 g/mol. The van der Waals surface area contributed by atoms with Gasteiger partial charge in [-0.3, -0.25) is 4.90 Å². The molecule has 34 heavy (non-hydrogen) atoms. The summed E-state index contributed by atoms with van der Waals surface area (Å²) in [6.45, 7) is 3.94. The highest BCUT2D eigenvalue weighted by Crippen LogP contribution is 2.40. The standard InChI is InChI=1S/C27H37FN2O4/c1-20(2)27(18-29,22-9-11-24(32-4)26(17-22)34-6)13-7-14-30(19-28)15-12-21-8-10-23(31-3)25(16-21)33-5/h8-11,16-17,20H,7,12-15,19H2,1-6H3/t27-/m1/s1/i3T3,5T3. The summed E-state index contributed by atoms with van der Waals surface area (Å²) in [5.74, 6) is 0.616. The van der Waals surface area contributed by atoms with Gasteiger partial charge in [0.05, 0.1) is 48.0 Å². The summed E-state index contributed by atoms with van der Waals surface area (Å²) in [4.78, 5) is 1.59.